The Morgan fingerprint density at radius 3 is 2.34 bits per heavy atom. The van der Waals surface area contributed by atoms with Crippen molar-refractivity contribution in [1.29, 1.82) is 0 Å². The topological polar surface area (TPSA) is 129 Å². The van der Waals surface area contributed by atoms with Crippen LogP contribution in [-0.4, -0.2) is 54.7 Å². The van der Waals surface area contributed by atoms with Gasteiger partial charge in [-0.15, -0.1) is 0 Å². The van der Waals surface area contributed by atoms with E-state index in [4.69, 9.17) is 15.2 Å². The van der Waals surface area contributed by atoms with E-state index in [1.165, 1.54) is 12.7 Å². The van der Waals surface area contributed by atoms with Crippen LogP contribution in [0.3, 0.4) is 0 Å². The standard InChI is InChI=1S/C23H21N5O4/c24-21-17-22(26-10-25-21)28(11-27-17)23-19(30)18(29)16(32-23)9-31-20-14-7-3-1-5-12(14)13-6-2-4-8-15(13)20/h1-8,10-11,16,18-20,23,29-30H,9H2,(H2,24,25,26)/t16-,18-,19-,23-/m1/s1. The average Bonchev–Trinajstić information content (AvgIpc) is 3.47. The first-order valence-electron chi connectivity index (χ1n) is 10.4. The number of ether oxygens (including phenoxy) is 2. The highest BCUT2D eigenvalue weighted by atomic mass is 16.6. The van der Waals surface area contributed by atoms with Gasteiger partial charge in [0.2, 0.25) is 0 Å². The molecular weight excluding hydrogens is 410 g/mol. The molecule has 0 spiro atoms. The van der Waals surface area contributed by atoms with Gasteiger partial charge in [0.1, 0.15) is 36.3 Å². The summed E-state index contributed by atoms with van der Waals surface area (Å²) in [6.07, 6.45) is -1.39. The monoisotopic (exact) mass is 431 g/mol. The molecule has 32 heavy (non-hydrogen) atoms. The summed E-state index contributed by atoms with van der Waals surface area (Å²) in [6, 6.07) is 16.2. The summed E-state index contributed by atoms with van der Waals surface area (Å²) in [5.74, 6) is 0.236. The van der Waals surface area contributed by atoms with Crippen LogP contribution in [0, 0.1) is 0 Å². The molecule has 3 heterocycles. The molecular formula is C23H21N5O4. The minimum atomic E-state index is -1.18. The minimum Gasteiger partial charge on any atom is -0.387 e. The molecule has 2 aromatic heterocycles. The minimum absolute atomic E-state index is 0.103. The largest absolute Gasteiger partial charge is 0.387 e. The summed E-state index contributed by atoms with van der Waals surface area (Å²) >= 11 is 0. The van der Waals surface area contributed by atoms with Gasteiger partial charge in [-0.25, -0.2) is 15.0 Å². The van der Waals surface area contributed by atoms with Crippen LogP contribution in [0.25, 0.3) is 22.3 Å². The molecule has 0 unspecified atom stereocenters. The molecule has 1 saturated heterocycles. The number of anilines is 1. The van der Waals surface area contributed by atoms with Crippen molar-refractivity contribution in [2.45, 2.75) is 30.6 Å². The molecule has 4 atom stereocenters. The van der Waals surface area contributed by atoms with Crippen LogP contribution >= 0.6 is 0 Å². The molecule has 0 bridgehead atoms. The Morgan fingerprint density at radius 1 is 0.938 bits per heavy atom. The maximum atomic E-state index is 10.7. The highest BCUT2D eigenvalue weighted by molar-refractivity contribution is 5.81. The van der Waals surface area contributed by atoms with Gasteiger partial charge >= 0.3 is 0 Å². The Hall–Kier alpha value is -3.37. The van der Waals surface area contributed by atoms with E-state index in [2.05, 4.69) is 27.1 Å². The normalized spacial score (nSPS) is 24.7. The van der Waals surface area contributed by atoms with Crippen molar-refractivity contribution in [2.75, 3.05) is 12.3 Å². The lowest BCUT2D eigenvalue weighted by Gasteiger charge is -2.20. The van der Waals surface area contributed by atoms with Crippen molar-refractivity contribution in [3.63, 3.8) is 0 Å². The van der Waals surface area contributed by atoms with Crippen LogP contribution in [0.2, 0.25) is 0 Å². The van der Waals surface area contributed by atoms with Crippen LogP contribution < -0.4 is 5.73 Å². The SMILES string of the molecule is Nc1ncnc2c1ncn2[C@@H]1O[C@H](COC2c3ccccc3-c3ccccc32)[C@@H](O)[C@H]1O. The first-order valence-corrected chi connectivity index (χ1v) is 10.4. The number of aromatic nitrogens is 4. The summed E-state index contributed by atoms with van der Waals surface area (Å²) in [5.41, 5.74) is 11.1. The number of nitrogens with zero attached hydrogens (tertiary/aromatic N) is 4. The van der Waals surface area contributed by atoms with Gasteiger partial charge in [0.15, 0.2) is 17.7 Å². The van der Waals surface area contributed by atoms with Gasteiger partial charge in [0.25, 0.3) is 0 Å². The van der Waals surface area contributed by atoms with Crippen LogP contribution in [0.15, 0.2) is 61.2 Å². The third-order valence-corrected chi connectivity index (χ3v) is 6.20. The second-order valence-electron chi connectivity index (χ2n) is 8.02. The van der Waals surface area contributed by atoms with E-state index >= 15 is 0 Å². The van der Waals surface area contributed by atoms with Gasteiger partial charge < -0.3 is 25.4 Å². The Kier molecular flexibility index (Phi) is 4.44. The zero-order valence-electron chi connectivity index (χ0n) is 16.9. The Labute approximate surface area is 183 Å². The lowest BCUT2D eigenvalue weighted by Crippen LogP contribution is -2.34. The first kappa shape index (κ1) is 19.3. The molecule has 0 saturated carbocycles. The molecule has 1 aliphatic heterocycles. The number of rotatable bonds is 4. The van der Waals surface area contributed by atoms with Crippen molar-refractivity contribution in [2.24, 2.45) is 0 Å². The molecule has 9 nitrogen and oxygen atoms in total. The van der Waals surface area contributed by atoms with Crippen molar-refractivity contribution in [1.82, 2.24) is 19.5 Å². The number of aliphatic hydroxyl groups is 2. The zero-order chi connectivity index (χ0) is 21.8. The molecule has 0 radical (unpaired) electrons. The predicted octanol–water partition coefficient (Wildman–Crippen LogP) is 1.81. The van der Waals surface area contributed by atoms with E-state index in [0.29, 0.717) is 11.2 Å². The van der Waals surface area contributed by atoms with E-state index in [0.717, 1.165) is 22.3 Å². The van der Waals surface area contributed by atoms with Crippen LogP contribution in [0.4, 0.5) is 5.82 Å². The number of imidazole rings is 1. The second kappa shape index (κ2) is 7.35. The highest BCUT2D eigenvalue weighted by Crippen LogP contribution is 2.45. The molecule has 6 rings (SSSR count). The van der Waals surface area contributed by atoms with Gasteiger partial charge in [-0.1, -0.05) is 48.5 Å². The second-order valence-corrected chi connectivity index (χ2v) is 8.02. The van der Waals surface area contributed by atoms with E-state index < -0.39 is 24.5 Å². The number of hydrogen-bond acceptors (Lipinski definition) is 8. The Balaban J connectivity index is 1.25. The van der Waals surface area contributed by atoms with Crippen LogP contribution in [0.5, 0.6) is 0 Å². The molecule has 4 N–H and O–H groups in total. The highest BCUT2D eigenvalue weighted by Gasteiger charge is 2.45. The maximum absolute atomic E-state index is 10.7. The number of nitrogen functional groups attached to an aromatic ring is 1. The Morgan fingerprint density at radius 2 is 1.62 bits per heavy atom. The number of nitrogens with two attached hydrogens (primary N) is 1. The van der Waals surface area contributed by atoms with Crippen molar-refractivity contribution < 1.29 is 19.7 Å². The first-order chi connectivity index (χ1) is 15.6. The fourth-order valence-electron chi connectivity index (χ4n) is 4.63. The number of hydrogen-bond donors (Lipinski definition) is 3. The zero-order valence-corrected chi connectivity index (χ0v) is 16.9. The molecule has 162 valence electrons. The van der Waals surface area contributed by atoms with E-state index in [9.17, 15) is 10.2 Å². The van der Waals surface area contributed by atoms with Gasteiger partial charge in [-0.05, 0) is 22.3 Å². The maximum Gasteiger partial charge on any atom is 0.167 e. The molecule has 1 aliphatic carbocycles. The van der Waals surface area contributed by atoms with Crippen LogP contribution in [0.1, 0.15) is 23.5 Å². The summed E-state index contributed by atoms with van der Waals surface area (Å²) in [4.78, 5) is 12.3. The average molecular weight is 431 g/mol. The Bertz CT molecular complexity index is 1260. The number of aliphatic hydroxyl groups excluding tert-OH is 2. The summed E-state index contributed by atoms with van der Waals surface area (Å²) in [7, 11) is 0. The lowest BCUT2D eigenvalue weighted by molar-refractivity contribution is -0.0751. The molecule has 9 heteroatoms. The molecule has 2 aromatic carbocycles. The predicted molar refractivity (Wildman–Crippen MR) is 115 cm³/mol. The summed E-state index contributed by atoms with van der Waals surface area (Å²) < 4.78 is 13.8. The van der Waals surface area contributed by atoms with Gasteiger partial charge in [0.05, 0.1) is 12.9 Å². The molecule has 2 aliphatic rings. The van der Waals surface area contributed by atoms with E-state index in [1.54, 1.807) is 4.57 Å². The van der Waals surface area contributed by atoms with Crippen molar-refractivity contribution in [3.05, 3.63) is 72.3 Å². The van der Waals surface area contributed by atoms with Gasteiger partial charge in [0, 0.05) is 0 Å². The van der Waals surface area contributed by atoms with E-state index in [1.807, 2.05) is 36.4 Å². The lowest BCUT2D eigenvalue weighted by atomic mass is 10.1. The molecule has 0 amide bonds. The fraction of sp³-hybridized carbons (Fsp3) is 0.261. The van der Waals surface area contributed by atoms with Crippen molar-refractivity contribution >= 4 is 17.0 Å². The fourth-order valence-corrected chi connectivity index (χ4v) is 4.63. The third kappa shape index (κ3) is 2.83. The number of fused-ring (bicyclic) bond motifs is 4. The quantitative estimate of drug-likeness (QED) is 0.446. The summed E-state index contributed by atoms with van der Waals surface area (Å²) in [6.45, 7) is 0.103. The smallest absolute Gasteiger partial charge is 0.167 e. The van der Waals surface area contributed by atoms with Crippen LogP contribution in [-0.2, 0) is 9.47 Å². The molecule has 1 fully saturated rings. The van der Waals surface area contributed by atoms with Gasteiger partial charge in [-0.2, -0.15) is 0 Å². The van der Waals surface area contributed by atoms with Gasteiger partial charge in [-0.3, -0.25) is 4.57 Å². The number of benzene rings is 2. The third-order valence-electron chi connectivity index (χ3n) is 6.20. The van der Waals surface area contributed by atoms with Crippen molar-refractivity contribution in [3.8, 4) is 11.1 Å². The van der Waals surface area contributed by atoms with E-state index in [-0.39, 0.29) is 18.5 Å². The summed E-state index contributed by atoms with van der Waals surface area (Å²) in [5, 5.41) is 21.4. The molecule has 4 aromatic rings.